The van der Waals surface area contributed by atoms with Crippen LogP contribution in [-0.4, -0.2) is 47.5 Å². The van der Waals surface area contributed by atoms with E-state index in [0.29, 0.717) is 4.99 Å². The number of hydrogen-bond acceptors (Lipinski definition) is 3. The fraction of sp³-hybridized carbons (Fsp3) is 0.533. The highest BCUT2D eigenvalue weighted by Gasteiger charge is 2.16. The Hall–Kier alpha value is -0.970. The third-order valence-corrected chi connectivity index (χ3v) is 3.86. The Morgan fingerprint density at radius 1 is 1.21 bits per heavy atom. The normalized spacial score (nSPS) is 17.5. The number of piperazine rings is 1. The van der Waals surface area contributed by atoms with E-state index in [-0.39, 0.29) is 0 Å². The summed E-state index contributed by atoms with van der Waals surface area (Å²) in [6.07, 6.45) is 1.25. The second kappa shape index (κ2) is 6.98. The maximum absolute atomic E-state index is 5.68. The average Bonchev–Trinajstić information content (AvgIpc) is 2.42. The zero-order valence-corrected chi connectivity index (χ0v) is 12.5. The molecule has 2 rings (SSSR count). The van der Waals surface area contributed by atoms with Crippen LogP contribution >= 0.6 is 12.2 Å². The molecule has 19 heavy (non-hydrogen) atoms. The van der Waals surface area contributed by atoms with Gasteiger partial charge in [-0.25, -0.2) is 0 Å². The summed E-state index contributed by atoms with van der Waals surface area (Å²) in [7, 11) is 0. The van der Waals surface area contributed by atoms with Crippen molar-refractivity contribution in [2.45, 2.75) is 19.9 Å². The van der Waals surface area contributed by atoms with Gasteiger partial charge >= 0.3 is 0 Å². The number of nitrogens with two attached hydrogens (primary N) is 1. The van der Waals surface area contributed by atoms with E-state index in [9.17, 15) is 0 Å². The van der Waals surface area contributed by atoms with Crippen LogP contribution in [0.15, 0.2) is 24.3 Å². The molecule has 1 aromatic rings. The van der Waals surface area contributed by atoms with Gasteiger partial charge in [0.1, 0.15) is 4.99 Å². The Labute approximate surface area is 121 Å². The van der Waals surface area contributed by atoms with Crippen molar-refractivity contribution in [3.05, 3.63) is 35.4 Å². The molecule has 4 heteroatoms. The zero-order valence-electron chi connectivity index (χ0n) is 11.6. The molecular formula is C15H23N3S. The molecule has 0 atom stereocenters. The Balaban J connectivity index is 1.88. The third-order valence-electron chi connectivity index (χ3n) is 3.62. The molecule has 0 spiro atoms. The van der Waals surface area contributed by atoms with Gasteiger partial charge in [0.25, 0.3) is 0 Å². The Kier molecular flexibility index (Phi) is 5.31. The second-order valence-electron chi connectivity index (χ2n) is 5.18. The third kappa shape index (κ3) is 4.27. The molecule has 1 fully saturated rings. The summed E-state index contributed by atoms with van der Waals surface area (Å²) in [6, 6.07) is 8.28. The standard InChI is InChI=1S/C15H23N3S/c1-2-6-17-7-9-18(10-8-17)12-13-4-3-5-14(11-13)15(16)19/h3-5,11H,2,6-10,12H2,1H3,(H2,16,19). The molecule has 0 aliphatic carbocycles. The lowest BCUT2D eigenvalue weighted by Gasteiger charge is -2.34. The maximum Gasteiger partial charge on any atom is 0.103 e. The highest BCUT2D eigenvalue weighted by molar-refractivity contribution is 7.80. The molecule has 0 amide bonds. The van der Waals surface area contributed by atoms with E-state index in [1.54, 1.807) is 0 Å². The van der Waals surface area contributed by atoms with Gasteiger partial charge in [-0.3, -0.25) is 4.90 Å². The Bertz CT molecular complexity index is 425. The van der Waals surface area contributed by atoms with Gasteiger partial charge in [0.2, 0.25) is 0 Å². The van der Waals surface area contributed by atoms with Crippen LogP contribution < -0.4 is 5.73 Å². The van der Waals surface area contributed by atoms with Crippen LogP contribution in [0, 0.1) is 0 Å². The van der Waals surface area contributed by atoms with Gasteiger partial charge in [-0.05, 0) is 24.6 Å². The van der Waals surface area contributed by atoms with Gasteiger partial charge < -0.3 is 10.6 Å². The SMILES string of the molecule is CCCN1CCN(Cc2cccc(C(N)=S)c2)CC1. The highest BCUT2D eigenvalue weighted by atomic mass is 32.1. The van der Waals surface area contributed by atoms with Gasteiger partial charge in [0, 0.05) is 38.3 Å². The summed E-state index contributed by atoms with van der Waals surface area (Å²) in [6.45, 7) is 9.13. The lowest BCUT2D eigenvalue weighted by molar-refractivity contribution is 0.127. The number of benzene rings is 1. The predicted molar refractivity (Wildman–Crippen MR) is 84.3 cm³/mol. The summed E-state index contributed by atoms with van der Waals surface area (Å²) in [4.78, 5) is 5.53. The lowest BCUT2D eigenvalue weighted by atomic mass is 10.1. The Morgan fingerprint density at radius 2 is 1.89 bits per heavy atom. The molecule has 1 aromatic carbocycles. The molecule has 1 heterocycles. The number of nitrogens with zero attached hydrogens (tertiary/aromatic N) is 2. The van der Waals surface area contributed by atoms with Crippen molar-refractivity contribution >= 4 is 17.2 Å². The van der Waals surface area contributed by atoms with Gasteiger partial charge in [-0.1, -0.05) is 37.3 Å². The first-order valence-electron chi connectivity index (χ1n) is 7.02. The molecule has 0 unspecified atom stereocenters. The van der Waals surface area contributed by atoms with Gasteiger partial charge in [0.05, 0.1) is 0 Å². The fourth-order valence-electron chi connectivity index (χ4n) is 2.57. The van der Waals surface area contributed by atoms with Crippen molar-refractivity contribution in [2.24, 2.45) is 5.73 Å². The van der Waals surface area contributed by atoms with Crippen LogP contribution in [0.2, 0.25) is 0 Å². The van der Waals surface area contributed by atoms with Crippen LogP contribution in [0.1, 0.15) is 24.5 Å². The van der Waals surface area contributed by atoms with E-state index in [4.69, 9.17) is 18.0 Å². The molecule has 1 aliphatic heterocycles. The molecule has 1 saturated heterocycles. The average molecular weight is 277 g/mol. The van der Waals surface area contributed by atoms with E-state index in [2.05, 4.69) is 28.9 Å². The van der Waals surface area contributed by atoms with Crippen LogP contribution in [0.3, 0.4) is 0 Å². The summed E-state index contributed by atoms with van der Waals surface area (Å²) in [5.41, 5.74) is 7.95. The monoisotopic (exact) mass is 277 g/mol. The smallest absolute Gasteiger partial charge is 0.103 e. The number of thiocarbonyl (C=S) groups is 1. The summed E-state index contributed by atoms with van der Waals surface area (Å²) >= 11 is 5.03. The van der Waals surface area contributed by atoms with Crippen molar-refractivity contribution in [3.63, 3.8) is 0 Å². The molecular weight excluding hydrogens is 254 g/mol. The molecule has 0 bridgehead atoms. The topological polar surface area (TPSA) is 32.5 Å². The predicted octanol–water partition coefficient (Wildman–Crippen LogP) is 1.85. The molecule has 104 valence electrons. The maximum atomic E-state index is 5.68. The number of rotatable bonds is 5. The minimum Gasteiger partial charge on any atom is -0.389 e. The summed E-state index contributed by atoms with van der Waals surface area (Å²) < 4.78 is 0. The van der Waals surface area contributed by atoms with Gasteiger partial charge in [-0.15, -0.1) is 0 Å². The van der Waals surface area contributed by atoms with Crippen molar-refractivity contribution < 1.29 is 0 Å². The van der Waals surface area contributed by atoms with E-state index in [1.807, 2.05) is 12.1 Å². The van der Waals surface area contributed by atoms with Crippen molar-refractivity contribution in [1.29, 1.82) is 0 Å². The van der Waals surface area contributed by atoms with Crippen LogP contribution in [-0.2, 0) is 6.54 Å². The van der Waals surface area contributed by atoms with Crippen molar-refractivity contribution in [3.8, 4) is 0 Å². The van der Waals surface area contributed by atoms with E-state index < -0.39 is 0 Å². The highest BCUT2D eigenvalue weighted by Crippen LogP contribution is 2.11. The largest absolute Gasteiger partial charge is 0.389 e. The lowest BCUT2D eigenvalue weighted by Crippen LogP contribution is -2.45. The molecule has 0 radical (unpaired) electrons. The van der Waals surface area contributed by atoms with Crippen LogP contribution in [0.5, 0.6) is 0 Å². The van der Waals surface area contributed by atoms with Gasteiger partial charge in [-0.2, -0.15) is 0 Å². The number of hydrogen-bond donors (Lipinski definition) is 1. The molecule has 3 nitrogen and oxygen atoms in total. The van der Waals surface area contributed by atoms with Crippen LogP contribution in [0.25, 0.3) is 0 Å². The van der Waals surface area contributed by atoms with Crippen LogP contribution in [0.4, 0.5) is 0 Å². The summed E-state index contributed by atoms with van der Waals surface area (Å²) in [5, 5.41) is 0. The first-order chi connectivity index (χ1) is 9.19. The molecule has 0 aromatic heterocycles. The molecule has 1 aliphatic rings. The molecule has 2 N–H and O–H groups in total. The van der Waals surface area contributed by atoms with Gasteiger partial charge in [0.15, 0.2) is 0 Å². The fourth-order valence-corrected chi connectivity index (χ4v) is 2.70. The Morgan fingerprint density at radius 3 is 2.53 bits per heavy atom. The molecule has 0 saturated carbocycles. The second-order valence-corrected chi connectivity index (χ2v) is 5.62. The van der Waals surface area contributed by atoms with E-state index >= 15 is 0 Å². The first kappa shape index (κ1) is 14.4. The minimum absolute atomic E-state index is 0.481. The van der Waals surface area contributed by atoms with E-state index in [1.165, 1.54) is 31.6 Å². The minimum atomic E-state index is 0.481. The first-order valence-corrected chi connectivity index (χ1v) is 7.43. The summed E-state index contributed by atoms with van der Waals surface area (Å²) in [5.74, 6) is 0. The van der Waals surface area contributed by atoms with Crippen molar-refractivity contribution in [2.75, 3.05) is 32.7 Å². The zero-order chi connectivity index (χ0) is 13.7. The van der Waals surface area contributed by atoms with E-state index in [0.717, 1.165) is 25.2 Å². The quantitative estimate of drug-likeness (QED) is 0.833. The van der Waals surface area contributed by atoms with Crippen molar-refractivity contribution in [1.82, 2.24) is 9.80 Å².